The van der Waals surface area contributed by atoms with Crippen molar-refractivity contribution in [2.45, 2.75) is 38.7 Å². The lowest BCUT2D eigenvalue weighted by molar-refractivity contribution is -0.139. The molecule has 2 aromatic rings. The molecule has 0 aliphatic carbocycles. The van der Waals surface area contributed by atoms with Crippen molar-refractivity contribution >= 4 is 22.8 Å². The zero-order valence-corrected chi connectivity index (χ0v) is 13.2. The highest BCUT2D eigenvalue weighted by molar-refractivity contribution is 6.02. The molecule has 0 saturated carbocycles. The van der Waals surface area contributed by atoms with E-state index in [4.69, 9.17) is 4.74 Å². The van der Waals surface area contributed by atoms with E-state index in [9.17, 15) is 9.59 Å². The number of benzene rings is 1. The Bertz CT molecular complexity index is 702. The van der Waals surface area contributed by atoms with Gasteiger partial charge in [-0.3, -0.25) is 9.89 Å². The highest BCUT2D eigenvalue weighted by atomic mass is 16.5. The van der Waals surface area contributed by atoms with Gasteiger partial charge in [0.2, 0.25) is 0 Å². The first-order valence-electron chi connectivity index (χ1n) is 8.09. The van der Waals surface area contributed by atoms with Crippen molar-refractivity contribution < 1.29 is 14.3 Å². The summed E-state index contributed by atoms with van der Waals surface area (Å²) in [4.78, 5) is 26.5. The molecule has 1 aliphatic rings. The van der Waals surface area contributed by atoms with Crippen LogP contribution in [-0.2, 0) is 9.53 Å². The molecular weight excluding hydrogens is 294 g/mol. The minimum Gasteiger partial charge on any atom is -0.448 e. The van der Waals surface area contributed by atoms with E-state index >= 15 is 0 Å². The third kappa shape index (κ3) is 3.36. The predicted octanol–water partition coefficient (Wildman–Crippen LogP) is 2.51. The number of rotatable bonds is 3. The van der Waals surface area contributed by atoms with Crippen LogP contribution in [0.3, 0.4) is 0 Å². The number of H-pyrrole nitrogens is 1. The van der Waals surface area contributed by atoms with Gasteiger partial charge in [-0.25, -0.2) is 4.79 Å². The lowest BCUT2D eigenvalue weighted by Crippen LogP contribution is -2.40. The molecular formula is C17H21N3O3. The van der Waals surface area contributed by atoms with Crippen molar-refractivity contribution in [3.05, 3.63) is 30.0 Å². The molecule has 0 bridgehead atoms. The molecule has 1 fully saturated rings. The van der Waals surface area contributed by atoms with Gasteiger partial charge in [-0.2, -0.15) is 5.10 Å². The van der Waals surface area contributed by atoms with Crippen LogP contribution in [0.2, 0.25) is 0 Å². The molecule has 1 amide bonds. The summed E-state index contributed by atoms with van der Waals surface area (Å²) in [6.45, 7) is 3.11. The maximum atomic E-state index is 12.4. The molecule has 122 valence electrons. The van der Waals surface area contributed by atoms with Crippen LogP contribution in [0.4, 0.5) is 0 Å². The van der Waals surface area contributed by atoms with Crippen molar-refractivity contribution in [2.75, 3.05) is 13.1 Å². The lowest BCUT2D eigenvalue weighted by Gasteiger charge is -2.23. The zero-order valence-electron chi connectivity index (χ0n) is 13.2. The second-order valence-corrected chi connectivity index (χ2v) is 5.90. The molecule has 1 saturated heterocycles. The fraction of sp³-hybridized carbons (Fsp3) is 0.471. The molecule has 23 heavy (non-hydrogen) atoms. The number of carbonyl (C=O) groups is 2. The highest BCUT2D eigenvalue weighted by Gasteiger charge is 2.26. The number of nitrogens with zero attached hydrogens (tertiary/aromatic N) is 2. The molecule has 1 aromatic carbocycles. The molecule has 0 radical (unpaired) electrons. The van der Waals surface area contributed by atoms with Gasteiger partial charge in [0.05, 0.1) is 5.52 Å². The predicted molar refractivity (Wildman–Crippen MR) is 86.0 cm³/mol. The third-order valence-corrected chi connectivity index (χ3v) is 4.21. The lowest BCUT2D eigenvalue weighted by atomic mass is 10.2. The fourth-order valence-electron chi connectivity index (χ4n) is 2.93. The van der Waals surface area contributed by atoms with E-state index in [0.717, 1.165) is 44.3 Å². The van der Waals surface area contributed by atoms with Gasteiger partial charge in [0.15, 0.2) is 11.8 Å². The summed E-state index contributed by atoms with van der Waals surface area (Å²) in [5, 5.41) is 7.51. The Morgan fingerprint density at radius 3 is 2.61 bits per heavy atom. The van der Waals surface area contributed by atoms with Crippen molar-refractivity contribution in [3.8, 4) is 0 Å². The Kier molecular flexibility index (Phi) is 4.60. The van der Waals surface area contributed by atoms with Gasteiger partial charge in [-0.15, -0.1) is 0 Å². The summed E-state index contributed by atoms with van der Waals surface area (Å²) in [6.07, 6.45) is 3.53. The van der Waals surface area contributed by atoms with E-state index in [2.05, 4.69) is 10.2 Å². The van der Waals surface area contributed by atoms with Crippen LogP contribution in [0, 0.1) is 0 Å². The number of fused-ring (bicyclic) bond motifs is 1. The molecule has 1 unspecified atom stereocenters. The monoisotopic (exact) mass is 315 g/mol. The Morgan fingerprint density at radius 2 is 1.87 bits per heavy atom. The maximum Gasteiger partial charge on any atom is 0.360 e. The topological polar surface area (TPSA) is 75.3 Å². The van der Waals surface area contributed by atoms with Crippen LogP contribution >= 0.6 is 0 Å². The van der Waals surface area contributed by atoms with Gasteiger partial charge < -0.3 is 9.64 Å². The van der Waals surface area contributed by atoms with E-state index in [0.29, 0.717) is 5.39 Å². The average molecular weight is 315 g/mol. The second-order valence-electron chi connectivity index (χ2n) is 5.90. The van der Waals surface area contributed by atoms with E-state index in [-0.39, 0.29) is 11.6 Å². The molecule has 1 N–H and O–H groups in total. The van der Waals surface area contributed by atoms with Gasteiger partial charge in [0, 0.05) is 18.5 Å². The van der Waals surface area contributed by atoms with Crippen molar-refractivity contribution in [2.24, 2.45) is 0 Å². The van der Waals surface area contributed by atoms with Gasteiger partial charge in [-0.1, -0.05) is 31.0 Å². The van der Waals surface area contributed by atoms with Crippen molar-refractivity contribution in [3.63, 3.8) is 0 Å². The second kappa shape index (κ2) is 6.81. The summed E-state index contributed by atoms with van der Waals surface area (Å²) >= 11 is 0. The molecule has 1 atom stereocenters. The smallest absolute Gasteiger partial charge is 0.360 e. The highest BCUT2D eigenvalue weighted by Crippen LogP contribution is 2.17. The first kappa shape index (κ1) is 15.5. The van der Waals surface area contributed by atoms with Gasteiger partial charge >= 0.3 is 5.97 Å². The number of para-hydroxylation sites is 1. The molecule has 6 heteroatoms. The van der Waals surface area contributed by atoms with Gasteiger partial charge in [0.25, 0.3) is 5.91 Å². The summed E-state index contributed by atoms with van der Waals surface area (Å²) in [6, 6.07) is 7.34. The number of likely N-dealkylation sites (tertiary alicyclic amines) is 1. The normalized spacial score (nSPS) is 16.8. The average Bonchev–Trinajstić information content (AvgIpc) is 2.80. The number of nitrogens with one attached hydrogen (secondary N) is 1. The largest absolute Gasteiger partial charge is 0.448 e. The Balaban J connectivity index is 1.68. The Morgan fingerprint density at radius 1 is 1.17 bits per heavy atom. The van der Waals surface area contributed by atoms with E-state index < -0.39 is 12.1 Å². The van der Waals surface area contributed by atoms with Crippen LogP contribution < -0.4 is 0 Å². The number of esters is 1. The number of carbonyl (C=O) groups excluding carboxylic acids is 2. The van der Waals surface area contributed by atoms with Crippen LogP contribution in [0.15, 0.2) is 24.3 Å². The number of ether oxygens (including phenoxy) is 1. The van der Waals surface area contributed by atoms with E-state index in [1.54, 1.807) is 17.9 Å². The Labute approximate surface area is 134 Å². The molecule has 0 spiro atoms. The van der Waals surface area contributed by atoms with Crippen LogP contribution in [0.25, 0.3) is 10.9 Å². The fourth-order valence-corrected chi connectivity index (χ4v) is 2.93. The standard InChI is InChI=1S/C17H21N3O3/c1-12(16(21)20-10-6-2-3-7-11-20)23-17(22)15-13-8-4-5-9-14(13)18-19-15/h4-5,8-9,12H,2-3,6-7,10-11H2,1H3,(H,18,19). The minimum absolute atomic E-state index is 0.125. The summed E-state index contributed by atoms with van der Waals surface area (Å²) in [5.41, 5.74) is 0.988. The number of aromatic amines is 1. The molecule has 2 heterocycles. The molecule has 1 aromatic heterocycles. The summed E-state index contributed by atoms with van der Waals surface area (Å²) in [7, 11) is 0. The number of amides is 1. The quantitative estimate of drug-likeness (QED) is 0.883. The summed E-state index contributed by atoms with van der Waals surface area (Å²) < 4.78 is 5.35. The van der Waals surface area contributed by atoms with Crippen LogP contribution in [-0.4, -0.2) is 46.2 Å². The number of hydrogen-bond acceptors (Lipinski definition) is 4. The number of hydrogen-bond donors (Lipinski definition) is 1. The van der Waals surface area contributed by atoms with Crippen LogP contribution in [0.1, 0.15) is 43.1 Å². The number of aromatic nitrogens is 2. The van der Waals surface area contributed by atoms with E-state index in [1.807, 2.05) is 18.2 Å². The maximum absolute atomic E-state index is 12.4. The molecule has 6 nitrogen and oxygen atoms in total. The van der Waals surface area contributed by atoms with Crippen LogP contribution in [0.5, 0.6) is 0 Å². The van der Waals surface area contributed by atoms with Gasteiger partial charge in [-0.05, 0) is 25.8 Å². The van der Waals surface area contributed by atoms with Crippen molar-refractivity contribution in [1.82, 2.24) is 15.1 Å². The molecule has 3 rings (SSSR count). The SMILES string of the molecule is CC(OC(=O)c1n[nH]c2ccccc12)C(=O)N1CCCCCC1. The zero-order chi connectivity index (χ0) is 16.2. The Hall–Kier alpha value is -2.37. The van der Waals surface area contributed by atoms with Gasteiger partial charge in [0.1, 0.15) is 0 Å². The van der Waals surface area contributed by atoms with E-state index in [1.165, 1.54) is 0 Å². The van der Waals surface area contributed by atoms with Crippen molar-refractivity contribution in [1.29, 1.82) is 0 Å². The summed E-state index contributed by atoms with van der Waals surface area (Å²) in [5.74, 6) is -0.696. The first-order chi connectivity index (χ1) is 11.2. The first-order valence-corrected chi connectivity index (χ1v) is 8.09. The third-order valence-electron chi connectivity index (χ3n) is 4.21. The molecule has 1 aliphatic heterocycles. The minimum atomic E-state index is -0.795.